The van der Waals surface area contributed by atoms with Crippen LogP contribution in [0.5, 0.6) is 0 Å². The number of rotatable bonds is 11. The third-order valence-corrected chi connectivity index (χ3v) is 5.51. The number of benzene rings is 2. The molecule has 3 aromatic rings. The molecule has 0 unspecified atom stereocenters. The summed E-state index contributed by atoms with van der Waals surface area (Å²) in [4.78, 5) is 28.0. The summed E-state index contributed by atoms with van der Waals surface area (Å²) >= 11 is 0. The van der Waals surface area contributed by atoms with E-state index < -0.39 is 0 Å². The molecule has 5 nitrogen and oxygen atoms in total. The van der Waals surface area contributed by atoms with Crippen molar-refractivity contribution in [2.75, 3.05) is 26.2 Å². The van der Waals surface area contributed by atoms with Crippen molar-refractivity contribution in [3.8, 4) is 0 Å². The molecule has 1 N–H and O–H groups in total. The minimum absolute atomic E-state index is 0.0294. The van der Waals surface area contributed by atoms with Gasteiger partial charge >= 0.3 is 0 Å². The Bertz CT molecular complexity index is 976. The van der Waals surface area contributed by atoms with Crippen LogP contribution < -0.4 is 5.32 Å². The van der Waals surface area contributed by atoms with Crippen molar-refractivity contribution in [2.24, 2.45) is 0 Å². The Kier molecular flexibility index (Phi) is 8.19. The zero-order valence-corrected chi connectivity index (χ0v) is 18.4. The number of hydrogen-bond donors (Lipinski definition) is 1. The number of carbonyl (C=O) groups is 2. The molecule has 0 fully saturated rings. The van der Waals surface area contributed by atoms with Gasteiger partial charge in [0.2, 0.25) is 11.7 Å². The third kappa shape index (κ3) is 6.15. The largest absolute Gasteiger partial charge is 0.354 e. The van der Waals surface area contributed by atoms with Crippen molar-refractivity contribution < 1.29 is 9.59 Å². The normalized spacial score (nSPS) is 10.9. The standard InChI is InChI=1S/C26H31N3O2/c1-3-28(4-2)18-17-27-25(30)19-23-15-16-24(26(31)22-13-9-6-10-14-22)29(23)20-21-11-7-5-8-12-21/h5-16H,3-4,17-20H2,1-2H3,(H,27,30). The lowest BCUT2D eigenvalue weighted by Gasteiger charge is -2.18. The fourth-order valence-corrected chi connectivity index (χ4v) is 3.67. The molecule has 0 radical (unpaired) electrons. The van der Waals surface area contributed by atoms with Crippen molar-refractivity contribution >= 4 is 11.7 Å². The molecule has 0 spiro atoms. The molecule has 0 bridgehead atoms. The Morgan fingerprint density at radius 3 is 2.16 bits per heavy atom. The van der Waals surface area contributed by atoms with Crippen LogP contribution in [0.4, 0.5) is 0 Å². The Hall–Kier alpha value is -3.18. The summed E-state index contributed by atoms with van der Waals surface area (Å²) in [6.45, 7) is 8.18. The minimum atomic E-state index is -0.0373. The van der Waals surface area contributed by atoms with Crippen LogP contribution in [-0.4, -0.2) is 47.3 Å². The maximum absolute atomic E-state index is 13.1. The molecule has 0 aliphatic rings. The first-order chi connectivity index (χ1) is 15.1. The molecule has 1 amide bonds. The molecular formula is C26H31N3O2. The lowest BCUT2D eigenvalue weighted by atomic mass is 10.1. The number of carbonyl (C=O) groups excluding carboxylic acids is 2. The van der Waals surface area contributed by atoms with E-state index in [0.717, 1.165) is 30.9 Å². The SMILES string of the molecule is CCN(CC)CCNC(=O)Cc1ccc(C(=O)c2ccccc2)n1Cc1ccccc1. The first-order valence-electron chi connectivity index (χ1n) is 10.9. The van der Waals surface area contributed by atoms with Gasteiger partial charge in [-0.2, -0.15) is 0 Å². The van der Waals surface area contributed by atoms with Crippen molar-refractivity contribution in [3.05, 3.63) is 95.3 Å². The van der Waals surface area contributed by atoms with Crippen LogP contribution in [0, 0.1) is 0 Å². The number of amides is 1. The highest BCUT2D eigenvalue weighted by Gasteiger charge is 2.18. The molecule has 1 heterocycles. The Morgan fingerprint density at radius 1 is 0.871 bits per heavy atom. The van der Waals surface area contributed by atoms with E-state index in [4.69, 9.17) is 0 Å². The zero-order valence-electron chi connectivity index (χ0n) is 18.4. The second-order valence-electron chi connectivity index (χ2n) is 7.53. The molecule has 0 aliphatic carbocycles. The molecule has 1 aromatic heterocycles. The Labute approximate surface area is 184 Å². The maximum atomic E-state index is 13.1. The van der Waals surface area contributed by atoms with E-state index >= 15 is 0 Å². The fraction of sp³-hybridized carbons (Fsp3) is 0.308. The third-order valence-electron chi connectivity index (χ3n) is 5.51. The van der Waals surface area contributed by atoms with E-state index in [9.17, 15) is 9.59 Å². The first kappa shape index (κ1) is 22.5. The number of nitrogens with zero attached hydrogens (tertiary/aromatic N) is 2. The smallest absolute Gasteiger partial charge is 0.225 e. The minimum Gasteiger partial charge on any atom is -0.354 e. The topological polar surface area (TPSA) is 54.3 Å². The molecule has 2 aromatic carbocycles. The van der Waals surface area contributed by atoms with Gasteiger partial charge in [0.05, 0.1) is 12.1 Å². The fourth-order valence-electron chi connectivity index (χ4n) is 3.67. The van der Waals surface area contributed by atoms with E-state index in [1.807, 2.05) is 77.4 Å². The monoisotopic (exact) mass is 417 g/mol. The quantitative estimate of drug-likeness (QED) is 0.483. The molecule has 0 saturated heterocycles. The van der Waals surface area contributed by atoms with Crippen molar-refractivity contribution in [3.63, 3.8) is 0 Å². The van der Waals surface area contributed by atoms with Gasteiger partial charge in [-0.3, -0.25) is 9.59 Å². The lowest BCUT2D eigenvalue weighted by Crippen LogP contribution is -2.35. The highest BCUT2D eigenvalue weighted by atomic mass is 16.1. The van der Waals surface area contributed by atoms with Crippen LogP contribution >= 0.6 is 0 Å². The average Bonchev–Trinajstić information content (AvgIpc) is 3.19. The van der Waals surface area contributed by atoms with Crippen LogP contribution in [0.25, 0.3) is 0 Å². The van der Waals surface area contributed by atoms with Crippen molar-refractivity contribution in [1.82, 2.24) is 14.8 Å². The second kappa shape index (κ2) is 11.3. The summed E-state index contributed by atoms with van der Waals surface area (Å²) in [5, 5.41) is 3.01. The van der Waals surface area contributed by atoms with Gasteiger partial charge in [0.25, 0.3) is 0 Å². The van der Waals surface area contributed by atoms with E-state index in [1.54, 1.807) is 0 Å². The van der Waals surface area contributed by atoms with Gasteiger partial charge < -0.3 is 14.8 Å². The van der Waals surface area contributed by atoms with Crippen molar-refractivity contribution in [2.45, 2.75) is 26.8 Å². The number of hydrogen-bond acceptors (Lipinski definition) is 3. The molecule has 0 aliphatic heterocycles. The Balaban J connectivity index is 1.78. The molecule has 31 heavy (non-hydrogen) atoms. The van der Waals surface area contributed by atoms with Crippen LogP contribution in [0.2, 0.25) is 0 Å². The van der Waals surface area contributed by atoms with Crippen LogP contribution in [0.3, 0.4) is 0 Å². The van der Waals surface area contributed by atoms with Gasteiger partial charge in [-0.15, -0.1) is 0 Å². The van der Waals surface area contributed by atoms with Crippen LogP contribution in [-0.2, 0) is 17.8 Å². The predicted molar refractivity (Wildman–Crippen MR) is 124 cm³/mol. The van der Waals surface area contributed by atoms with Gasteiger partial charge in [-0.1, -0.05) is 74.5 Å². The van der Waals surface area contributed by atoms with Gasteiger partial charge in [0.1, 0.15) is 0 Å². The lowest BCUT2D eigenvalue weighted by molar-refractivity contribution is -0.120. The number of likely N-dealkylation sites (N-methyl/N-ethyl adjacent to an activating group) is 1. The molecule has 0 atom stereocenters. The van der Waals surface area contributed by atoms with Gasteiger partial charge in [-0.25, -0.2) is 0 Å². The van der Waals surface area contributed by atoms with Crippen molar-refractivity contribution in [1.29, 1.82) is 0 Å². The molecule has 162 valence electrons. The second-order valence-corrected chi connectivity index (χ2v) is 7.53. The number of nitrogens with one attached hydrogen (secondary N) is 1. The van der Waals surface area contributed by atoms with E-state index in [-0.39, 0.29) is 18.1 Å². The van der Waals surface area contributed by atoms with Gasteiger partial charge in [0.15, 0.2) is 0 Å². The predicted octanol–water partition coefficient (Wildman–Crippen LogP) is 3.77. The van der Waals surface area contributed by atoms with Crippen LogP contribution in [0.15, 0.2) is 72.8 Å². The number of ketones is 1. The summed E-state index contributed by atoms with van der Waals surface area (Å²) in [6.07, 6.45) is 0.243. The highest BCUT2D eigenvalue weighted by molar-refractivity contribution is 6.08. The Morgan fingerprint density at radius 2 is 1.52 bits per heavy atom. The summed E-state index contributed by atoms with van der Waals surface area (Å²) in [6, 6.07) is 23.0. The molecular weight excluding hydrogens is 386 g/mol. The zero-order chi connectivity index (χ0) is 22.1. The van der Waals surface area contributed by atoms with E-state index in [0.29, 0.717) is 24.3 Å². The van der Waals surface area contributed by atoms with Crippen LogP contribution in [0.1, 0.15) is 41.2 Å². The summed E-state index contributed by atoms with van der Waals surface area (Å²) < 4.78 is 1.97. The molecule has 5 heteroatoms. The summed E-state index contributed by atoms with van der Waals surface area (Å²) in [5.74, 6) is -0.0667. The first-order valence-corrected chi connectivity index (χ1v) is 10.9. The van der Waals surface area contributed by atoms with E-state index in [2.05, 4.69) is 24.1 Å². The maximum Gasteiger partial charge on any atom is 0.225 e. The molecule has 3 rings (SSSR count). The summed E-state index contributed by atoms with van der Waals surface area (Å²) in [5.41, 5.74) is 3.17. The van der Waals surface area contributed by atoms with E-state index in [1.165, 1.54) is 0 Å². The summed E-state index contributed by atoms with van der Waals surface area (Å²) in [7, 11) is 0. The molecule has 0 saturated carbocycles. The van der Waals surface area contributed by atoms with Gasteiger partial charge in [0, 0.05) is 30.9 Å². The highest BCUT2D eigenvalue weighted by Crippen LogP contribution is 2.17. The number of aromatic nitrogens is 1. The average molecular weight is 418 g/mol. The van der Waals surface area contributed by atoms with Gasteiger partial charge in [-0.05, 0) is 30.8 Å².